The van der Waals surface area contributed by atoms with Gasteiger partial charge in [0.2, 0.25) is 5.91 Å². The Hall–Kier alpha value is -3.19. The number of carbonyl (C=O) groups excluding carboxylic acids is 3. The molecule has 2 N–H and O–H groups in total. The van der Waals surface area contributed by atoms with Gasteiger partial charge in [0.1, 0.15) is 0 Å². The number of Topliss-reactive ketones (excluding diaryl/α,β-unsaturated/α-hetero) is 1. The van der Waals surface area contributed by atoms with Gasteiger partial charge >= 0.3 is 0 Å². The normalized spacial score (nSPS) is 14.0. The van der Waals surface area contributed by atoms with Gasteiger partial charge in [0.05, 0.1) is 24.3 Å². The van der Waals surface area contributed by atoms with E-state index in [1.165, 1.54) is 19.3 Å². The number of aryl methyl sites for hydroxylation is 1. The maximum atomic E-state index is 13.6. The molecule has 6 nitrogen and oxygen atoms in total. The molecule has 0 spiro atoms. The molecule has 2 aromatic heterocycles. The smallest absolute Gasteiger partial charge is 0.250 e. The number of amides is 2. The first-order valence-corrected chi connectivity index (χ1v) is 13.7. The standard InChI is InChI=1S/C29H35N3O3S/c1-21-25(29(30)35)18-26(32(21)15-14-22-9-4-2-5-10-22)27(33)20-31(19-24-13-8-16-36-24)28(34)17-23-11-6-3-7-12-23/h2,4-5,8-10,13,16,18,23H,3,6-7,11-12,14-15,17,19-20H2,1H3,(H2,30,35). The number of thiophene rings is 1. The molecule has 1 fully saturated rings. The third kappa shape index (κ3) is 6.52. The Labute approximate surface area is 217 Å². The summed E-state index contributed by atoms with van der Waals surface area (Å²) in [4.78, 5) is 41.8. The van der Waals surface area contributed by atoms with Crippen LogP contribution in [0.2, 0.25) is 0 Å². The number of hydrogen-bond donors (Lipinski definition) is 1. The third-order valence-corrected chi connectivity index (χ3v) is 8.05. The molecule has 7 heteroatoms. The van der Waals surface area contributed by atoms with Crippen LogP contribution in [0, 0.1) is 12.8 Å². The predicted molar refractivity (Wildman–Crippen MR) is 143 cm³/mol. The van der Waals surface area contributed by atoms with Gasteiger partial charge in [-0.15, -0.1) is 11.3 Å². The van der Waals surface area contributed by atoms with Gasteiger partial charge in [-0.1, -0.05) is 55.7 Å². The maximum absolute atomic E-state index is 13.6. The number of primary amides is 1. The molecule has 2 amide bonds. The van der Waals surface area contributed by atoms with E-state index >= 15 is 0 Å². The minimum absolute atomic E-state index is 0.0174. The van der Waals surface area contributed by atoms with Crippen molar-refractivity contribution >= 4 is 28.9 Å². The van der Waals surface area contributed by atoms with Crippen molar-refractivity contribution in [2.24, 2.45) is 11.7 Å². The van der Waals surface area contributed by atoms with Crippen LogP contribution in [0.1, 0.15) is 75.5 Å². The molecule has 2 heterocycles. The Balaban J connectivity index is 1.55. The van der Waals surface area contributed by atoms with Crippen LogP contribution in [0.4, 0.5) is 0 Å². The molecule has 190 valence electrons. The second-order valence-electron chi connectivity index (χ2n) is 9.74. The lowest BCUT2D eigenvalue weighted by molar-refractivity contribution is -0.132. The fourth-order valence-corrected chi connectivity index (χ4v) is 5.86. The first-order valence-electron chi connectivity index (χ1n) is 12.8. The minimum Gasteiger partial charge on any atom is -0.366 e. The molecule has 1 aromatic carbocycles. The predicted octanol–water partition coefficient (Wildman–Crippen LogP) is 5.38. The summed E-state index contributed by atoms with van der Waals surface area (Å²) in [6.07, 6.45) is 6.95. The quantitative estimate of drug-likeness (QED) is 0.355. The number of aromatic nitrogens is 1. The Morgan fingerprint density at radius 2 is 1.81 bits per heavy atom. The summed E-state index contributed by atoms with van der Waals surface area (Å²) in [5, 5.41) is 1.98. The van der Waals surface area contributed by atoms with E-state index in [1.807, 2.05) is 59.3 Å². The lowest BCUT2D eigenvalue weighted by Crippen LogP contribution is -2.37. The molecule has 3 aromatic rings. The monoisotopic (exact) mass is 505 g/mol. The summed E-state index contributed by atoms with van der Waals surface area (Å²) in [5.74, 6) is -0.306. The molecule has 4 rings (SSSR count). The number of hydrogen-bond acceptors (Lipinski definition) is 4. The van der Waals surface area contributed by atoms with Crippen molar-refractivity contribution in [2.45, 2.75) is 65.0 Å². The zero-order valence-electron chi connectivity index (χ0n) is 20.9. The van der Waals surface area contributed by atoms with Crippen LogP contribution in [-0.4, -0.2) is 33.6 Å². The molecule has 1 aliphatic rings. The summed E-state index contributed by atoms with van der Waals surface area (Å²) in [6.45, 7) is 2.77. The molecule has 0 aliphatic heterocycles. The summed E-state index contributed by atoms with van der Waals surface area (Å²) >= 11 is 1.59. The van der Waals surface area contributed by atoms with Crippen molar-refractivity contribution in [3.63, 3.8) is 0 Å². The van der Waals surface area contributed by atoms with Gasteiger partial charge < -0.3 is 15.2 Å². The summed E-state index contributed by atoms with van der Waals surface area (Å²) in [6, 6.07) is 15.6. The second-order valence-corrected chi connectivity index (χ2v) is 10.8. The van der Waals surface area contributed by atoms with Crippen LogP contribution < -0.4 is 5.73 Å². The third-order valence-electron chi connectivity index (χ3n) is 7.19. The second kappa shape index (κ2) is 12.2. The SMILES string of the molecule is Cc1c(C(N)=O)cc(C(=O)CN(Cc2cccs2)C(=O)CC2CCCCC2)n1CCc1ccccc1. The highest BCUT2D eigenvalue weighted by Gasteiger charge is 2.26. The molecule has 0 bridgehead atoms. The van der Waals surface area contributed by atoms with Crippen LogP contribution >= 0.6 is 11.3 Å². The van der Waals surface area contributed by atoms with Crippen LogP contribution in [0.3, 0.4) is 0 Å². The summed E-state index contributed by atoms with van der Waals surface area (Å²) in [7, 11) is 0. The average molecular weight is 506 g/mol. The maximum Gasteiger partial charge on any atom is 0.250 e. The molecular weight excluding hydrogens is 470 g/mol. The number of carbonyl (C=O) groups is 3. The Kier molecular flexibility index (Phi) is 8.75. The lowest BCUT2D eigenvalue weighted by atomic mass is 9.86. The van der Waals surface area contributed by atoms with Gasteiger partial charge in [-0.05, 0) is 55.2 Å². The fraction of sp³-hybridized carbons (Fsp3) is 0.414. The van der Waals surface area contributed by atoms with Crippen LogP contribution in [-0.2, 0) is 24.3 Å². The Morgan fingerprint density at radius 1 is 1.06 bits per heavy atom. The number of ketones is 1. The minimum atomic E-state index is -0.552. The molecule has 0 saturated heterocycles. The van der Waals surface area contributed by atoms with Crippen LogP contribution in [0.25, 0.3) is 0 Å². The van der Waals surface area contributed by atoms with E-state index in [0.717, 1.165) is 23.3 Å². The number of nitrogens with two attached hydrogens (primary N) is 1. The largest absolute Gasteiger partial charge is 0.366 e. The molecule has 0 unspecified atom stereocenters. The van der Waals surface area contributed by atoms with E-state index in [2.05, 4.69) is 0 Å². The highest BCUT2D eigenvalue weighted by molar-refractivity contribution is 7.09. The molecule has 36 heavy (non-hydrogen) atoms. The van der Waals surface area contributed by atoms with Gasteiger partial charge in [0.25, 0.3) is 5.91 Å². The van der Waals surface area contributed by atoms with Gasteiger partial charge in [0.15, 0.2) is 5.78 Å². The zero-order chi connectivity index (χ0) is 25.5. The lowest BCUT2D eigenvalue weighted by Gasteiger charge is -2.26. The van der Waals surface area contributed by atoms with Gasteiger partial charge in [-0.2, -0.15) is 0 Å². The van der Waals surface area contributed by atoms with Crippen molar-refractivity contribution in [1.82, 2.24) is 9.47 Å². The molecule has 1 saturated carbocycles. The molecule has 0 atom stereocenters. The topological polar surface area (TPSA) is 85.4 Å². The molecule has 1 aliphatic carbocycles. The van der Waals surface area contributed by atoms with Crippen molar-refractivity contribution in [3.8, 4) is 0 Å². The van der Waals surface area contributed by atoms with Crippen molar-refractivity contribution in [2.75, 3.05) is 6.54 Å². The first kappa shape index (κ1) is 25.9. The first-order chi connectivity index (χ1) is 17.4. The highest BCUT2D eigenvalue weighted by atomic mass is 32.1. The van der Waals surface area contributed by atoms with E-state index in [0.29, 0.717) is 48.8 Å². The molecular formula is C29H35N3O3S. The van der Waals surface area contributed by atoms with E-state index in [9.17, 15) is 14.4 Å². The number of benzene rings is 1. The zero-order valence-corrected chi connectivity index (χ0v) is 21.8. The van der Waals surface area contributed by atoms with E-state index in [4.69, 9.17) is 5.73 Å². The van der Waals surface area contributed by atoms with Crippen molar-refractivity contribution in [1.29, 1.82) is 0 Å². The van der Waals surface area contributed by atoms with Crippen LogP contribution in [0.15, 0.2) is 53.9 Å². The number of rotatable bonds is 11. The van der Waals surface area contributed by atoms with Gasteiger partial charge in [0, 0.05) is 23.5 Å². The van der Waals surface area contributed by atoms with E-state index in [1.54, 1.807) is 22.3 Å². The fourth-order valence-electron chi connectivity index (χ4n) is 5.14. The van der Waals surface area contributed by atoms with Gasteiger partial charge in [-0.25, -0.2) is 0 Å². The summed E-state index contributed by atoms with van der Waals surface area (Å²) < 4.78 is 1.88. The van der Waals surface area contributed by atoms with E-state index in [-0.39, 0.29) is 18.2 Å². The number of nitrogens with zero attached hydrogens (tertiary/aromatic N) is 2. The van der Waals surface area contributed by atoms with Crippen molar-refractivity contribution in [3.05, 3.63) is 81.3 Å². The average Bonchev–Trinajstić information content (AvgIpc) is 3.51. The Morgan fingerprint density at radius 3 is 2.47 bits per heavy atom. The summed E-state index contributed by atoms with van der Waals surface area (Å²) in [5.41, 5.74) is 8.23. The molecule has 0 radical (unpaired) electrons. The van der Waals surface area contributed by atoms with Crippen molar-refractivity contribution < 1.29 is 14.4 Å². The highest BCUT2D eigenvalue weighted by Crippen LogP contribution is 2.27. The van der Waals surface area contributed by atoms with Gasteiger partial charge in [-0.3, -0.25) is 14.4 Å². The van der Waals surface area contributed by atoms with Crippen LogP contribution in [0.5, 0.6) is 0 Å². The Bertz CT molecular complexity index is 1180. The van der Waals surface area contributed by atoms with E-state index < -0.39 is 5.91 Å².